The average Bonchev–Trinajstić information content (AvgIpc) is 3.07. The number of carbonyl (C=O) groups is 1. The highest BCUT2D eigenvalue weighted by Gasteiger charge is 2.28. The van der Waals surface area contributed by atoms with Crippen LogP contribution in [-0.4, -0.2) is 73.4 Å². The van der Waals surface area contributed by atoms with E-state index < -0.39 is 20.0 Å². The van der Waals surface area contributed by atoms with E-state index in [9.17, 15) is 19.4 Å². The fourth-order valence-corrected chi connectivity index (χ4v) is 7.31. The van der Waals surface area contributed by atoms with Crippen LogP contribution in [0.2, 0.25) is 0 Å². The van der Waals surface area contributed by atoms with E-state index in [0.717, 1.165) is 38.5 Å². The van der Waals surface area contributed by atoms with Gasteiger partial charge in [0.05, 0.1) is 39.9 Å². The van der Waals surface area contributed by atoms with Crippen molar-refractivity contribution in [3.63, 3.8) is 0 Å². The van der Waals surface area contributed by atoms with E-state index in [0.29, 0.717) is 23.9 Å². The van der Waals surface area contributed by atoms with Gasteiger partial charge in [0.15, 0.2) is 0 Å². The topological polar surface area (TPSA) is 105 Å². The standard InChI is InChI=1S/C42H87N2O6P/c1-6-8-10-12-14-16-18-20-21-22-23-24-25-27-29-31-33-35-41(45)40(39-50-51(47,48)49-38-37-44(3,4)5)43-42(46)36-34-32-30-28-26-19-17-15-13-11-9-7-2/h40-41,45H,6-39H2,1-5H3,(H-,43,46,47,48)/p+1/t40-,41+/m0/s1. The number of hydrogen-bond donors (Lipinski definition) is 3. The Balaban J connectivity index is 4.33. The second kappa shape index (κ2) is 35.2. The molecule has 0 heterocycles. The Morgan fingerprint density at radius 1 is 0.588 bits per heavy atom. The molecule has 0 aromatic carbocycles. The Morgan fingerprint density at radius 3 is 1.31 bits per heavy atom. The normalized spacial score (nSPS) is 14.4. The minimum atomic E-state index is -4.30. The summed E-state index contributed by atoms with van der Waals surface area (Å²) in [5.41, 5.74) is 0. The number of aliphatic hydroxyl groups excluding tert-OH is 1. The lowest BCUT2D eigenvalue weighted by Crippen LogP contribution is -2.46. The van der Waals surface area contributed by atoms with Gasteiger partial charge in [-0.1, -0.05) is 194 Å². The minimum absolute atomic E-state index is 0.0784. The number of aliphatic hydroxyl groups is 1. The third kappa shape index (κ3) is 37.6. The largest absolute Gasteiger partial charge is 0.472 e. The van der Waals surface area contributed by atoms with Gasteiger partial charge in [0, 0.05) is 6.42 Å². The SMILES string of the molecule is CCCCCCCCCCCCCCCCCCC[C@@H](O)[C@H](COP(=O)(O)OCC[N+](C)(C)C)NC(=O)CCCCCCCCCCCCCC. The second-order valence-corrected chi connectivity index (χ2v) is 17.9. The molecule has 0 fully saturated rings. The predicted molar refractivity (Wildman–Crippen MR) is 217 cm³/mol. The van der Waals surface area contributed by atoms with E-state index in [1.165, 1.54) is 148 Å². The number of carbonyl (C=O) groups excluding carboxylic acids is 1. The second-order valence-electron chi connectivity index (χ2n) is 16.4. The molecule has 0 aliphatic heterocycles. The molecule has 0 saturated carbocycles. The van der Waals surface area contributed by atoms with Crippen LogP contribution in [0.3, 0.4) is 0 Å². The van der Waals surface area contributed by atoms with Gasteiger partial charge in [-0.05, 0) is 12.8 Å². The number of rotatable bonds is 40. The van der Waals surface area contributed by atoms with Crippen LogP contribution in [0.4, 0.5) is 0 Å². The van der Waals surface area contributed by atoms with E-state index in [-0.39, 0.29) is 19.1 Å². The first-order chi connectivity index (χ1) is 24.5. The molecular weight excluding hydrogens is 659 g/mol. The summed E-state index contributed by atoms with van der Waals surface area (Å²) in [7, 11) is 1.63. The zero-order chi connectivity index (χ0) is 37.9. The number of phosphoric ester groups is 1. The molecule has 1 unspecified atom stereocenters. The highest BCUT2D eigenvalue weighted by molar-refractivity contribution is 7.47. The highest BCUT2D eigenvalue weighted by Crippen LogP contribution is 2.43. The van der Waals surface area contributed by atoms with Crippen molar-refractivity contribution in [2.75, 3.05) is 40.9 Å². The molecule has 1 amide bonds. The molecule has 3 atom stereocenters. The number of hydrogen-bond acceptors (Lipinski definition) is 5. The molecule has 0 saturated heterocycles. The van der Waals surface area contributed by atoms with Gasteiger partial charge in [-0.15, -0.1) is 0 Å². The van der Waals surface area contributed by atoms with Gasteiger partial charge in [-0.2, -0.15) is 0 Å². The monoisotopic (exact) mass is 748 g/mol. The summed E-state index contributed by atoms with van der Waals surface area (Å²) in [4.78, 5) is 23.1. The quantitative estimate of drug-likeness (QED) is 0.0327. The molecule has 9 heteroatoms. The van der Waals surface area contributed by atoms with Crippen molar-refractivity contribution in [1.82, 2.24) is 5.32 Å². The number of quaternary nitrogens is 1. The third-order valence-electron chi connectivity index (χ3n) is 10.1. The van der Waals surface area contributed by atoms with E-state index in [2.05, 4.69) is 19.2 Å². The Morgan fingerprint density at radius 2 is 0.941 bits per heavy atom. The van der Waals surface area contributed by atoms with Crippen LogP contribution in [0.25, 0.3) is 0 Å². The van der Waals surface area contributed by atoms with Gasteiger partial charge in [0.2, 0.25) is 5.91 Å². The minimum Gasteiger partial charge on any atom is -0.391 e. The Labute approximate surface area is 317 Å². The lowest BCUT2D eigenvalue weighted by Gasteiger charge is -2.26. The summed E-state index contributed by atoms with van der Waals surface area (Å²) in [5, 5.41) is 13.9. The van der Waals surface area contributed by atoms with Crippen LogP contribution in [0, 0.1) is 0 Å². The first kappa shape index (κ1) is 50.5. The Bertz CT molecular complexity index is 809. The molecule has 0 radical (unpaired) electrons. The van der Waals surface area contributed by atoms with Gasteiger partial charge in [-0.3, -0.25) is 13.8 Å². The molecule has 0 rings (SSSR count). The van der Waals surface area contributed by atoms with Crippen molar-refractivity contribution in [3.05, 3.63) is 0 Å². The van der Waals surface area contributed by atoms with Gasteiger partial charge < -0.3 is 19.8 Å². The van der Waals surface area contributed by atoms with Crippen LogP contribution in [-0.2, 0) is 18.4 Å². The molecule has 51 heavy (non-hydrogen) atoms. The van der Waals surface area contributed by atoms with Crippen molar-refractivity contribution in [1.29, 1.82) is 0 Å². The van der Waals surface area contributed by atoms with Gasteiger partial charge >= 0.3 is 7.82 Å². The number of amides is 1. The van der Waals surface area contributed by atoms with Crippen LogP contribution in [0.1, 0.15) is 213 Å². The highest BCUT2D eigenvalue weighted by atomic mass is 31.2. The third-order valence-corrected chi connectivity index (χ3v) is 11.1. The number of nitrogens with one attached hydrogen (secondary N) is 1. The van der Waals surface area contributed by atoms with Gasteiger partial charge in [0.25, 0.3) is 0 Å². The zero-order valence-corrected chi connectivity index (χ0v) is 35.5. The first-order valence-electron chi connectivity index (χ1n) is 21.9. The molecule has 0 aromatic rings. The van der Waals surface area contributed by atoms with Gasteiger partial charge in [-0.25, -0.2) is 4.57 Å². The fourth-order valence-electron chi connectivity index (χ4n) is 6.58. The molecule has 0 aromatic heterocycles. The molecular formula is C42H88N2O6P+. The predicted octanol–water partition coefficient (Wildman–Crippen LogP) is 11.8. The average molecular weight is 748 g/mol. The summed E-state index contributed by atoms with van der Waals surface area (Å²) in [6.07, 6.45) is 36.9. The number of unbranched alkanes of at least 4 members (excludes halogenated alkanes) is 27. The lowest BCUT2D eigenvalue weighted by atomic mass is 10.0. The fraction of sp³-hybridized carbons (Fsp3) is 0.976. The molecule has 3 N–H and O–H groups in total. The first-order valence-corrected chi connectivity index (χ1v) is 23.4. The summed E-state index contributed by atoms with van der Waals surface area (Å²) in [6.45, 7) is 4.90. The van der Waals surface area contributed by atoms with E-state index in [4.69, 9.17) is 9.05 Å². The molecule has 0 bridgehead atoms. The molecule has 0 aliphatic rings. The molecule has 8 nitrogen and oxygen atoms in total. The zero-order valence-electron chi connectivity index (χ0n) is 34.6. The van der Waals surface area contributed by atoms with Crippen LogP contribution >= 0.6 is 7.82 Å². The molecule has 306 valence electrons. The summed E-state index contributed by atoms with van der Waals surface area (Å²) < 4.78 is 23.6. The summed E-state index contributed by atoms with van der Waals surface area (Å²) in [6, 6.07) is -0.752. The summed E-state index contributed by atoms with van der Waals surface area (Å²) in [5.74, 6) is -0.143. The smallest absolute Gasteiger partial charge is 0.391 e. The maximum absolute atomic E-state index is 12.8. The number of phosphoric acid groups is 1. The van der Waals surface area contributed by atoms with Crippen molar-refractivity contribution in [2.45, 2.75) is 225 Å². The van der Waals surface area contributed by atoms with E-state index in [1.54, 1.807) is 0 Å². The Hall–Kier alpha value is -0.500. The van der Waals surface area contributed by atoms with Crippen molar-refractivity contribution in [3.8, 4) is 0 Å². The van der Waals surface area contributed by atoms with Crippen molar-refractivity contribution < 1.29 is 32.9 Å². The van der Waals surface area contributed by atoms with Crippen molar-refractivity contribution >= 4 is 13.7 Å². The number of likely N-dealkylation sites (N-methyl/N-ethyl adjacent to an activating group) is 1. The van der Waals surface area contributed by atoms with E-state index in [1.807, 2.05) is 21.1 Å². The number of nitrogens with zero attached hydrogens (tertiary/aromatic N) is 1. The maximum Gasteiger partial charge on any atom is 0.472 e. The molecule has 0 aliphatic carbocycles. The lowest BCUT2D eigenvalue weighted by molar-refractivity contribution is -0.870. The van der Waals surface area contributed by atoms with Crippen LogP contribution in [0.5, 0.6) is 0 Å². The van der Waals surface area contributed by atoms with Crippen LogP contribution in [0.15, 0.2) is 0 Å². The van der Waals surface area contributed by atoms with Crippen LogP contribution < -0.4 is 5.32 Å². The maximum atomic E-state index is 12.8. The van der Waals surface area contributed by atoms with E-state index >= 15 is 0 Å². The molecule has 0 spiro atoms. The van der Waals surface area contributed by atoms with Crippen molar-refractivity contribution in [2.24, 2.45) is 0 Å². The Kier molecular flexibility index (Phi) is 34.9. The summed E-state index contributed by atoms with van der Waals surface area (Å²) >= 11 is 0. The van der Waals surface area contributed by atoms with Gasteiger partial charge in [0.1, 0.15) is 13.2 Å².